The number of hydrogen-bond acceptors (Lipinski definition) is 10. The van der Waals surface area contributed by atoms with Crippen LogP contribution in [0, 0.1) is 0 Å². The van der Waals surface area contributed by atoms with E-state index in [0.717, 1.165) is 0 Å². The second-order valence-electron chi connectivity index (χ2n) is 6.33. The summed E-state index contributed by atoms with van der Waals surface area (Å²) in [5, 5.41) is 7.25. The van der Waals surface area contributed by atoms with Crippen LogP contribution >= 0.6 is 0 Å². The number of carbonyl (C=O) groups excluding carboxylic acids is 1. The Morgan fingerprint density at radius 3 is 2.76 bits per heavy atom. The number of morpholine rings is 1. The van der Waals surface area contributed by atoms with Crippen molar-refractivity contribution in [3.63, 3.8) is 0 Å². The van der Waals surface area contributed by atoms with Gasteiger partial charge in [-0.15, -0.1) is 5.10 Å². The average molecular weight is 399 g/mol. The Balaban J connectivity index is 1.75. The Labute approximate surface area is 166 Å². The molecule has 3 aromatic rings. The molecule has 3 N–H and O–H groups in total. The highest BCUT2D eigenvalue weighted by Crippen LogP contribution is 2.23. The maximum Gasteiger partial charge on any atom is 0.271 e. The summed E-state index contributed by atoms with van der Waals surface area (Å²) in [6.45, 7) is 3.29. The summed E-state index contributed by atoms with van der Waals surface area (Å²) >= 11 is 0. The highest BCUT2D eigenvalue weighted by atomic mass is 16.5. The first kappa shape index (κ1) is 19.0. The normalized spacial score (nSPS) is 14.3. The molecule has 0 saturated carbocycles. The van der Waals surface area contributed by atoms with Gasteiger partial charge in [0.2, 0.25) is 5.95 Å². The molecule has 12 nitrogen and oxygen atoms in total. The average Bonchev–Trinajstić information content (AvgIpc) is 3.19. The van der Waals surface area contributed by atoms with Crippen molar-refractivity contribution in [1.82, 2.24) is 34.9 Å². The van der Waals surface area contributed by atoms with Gasteiger partial charge in [0.1, 0.15) is 5.69 Å². The predicted molar refractivity (Wildman–Crippen MR) is 103 cm³/mol. The highest BCUT2D eigenvalue weighted by molar-refractivity contribution is 5.93. The second-order valence-corrected chi connectivity index (χ2v) is 6.33. The first-order chi connectivity index (χ1) is 14.2. The minimum atomic E-state index is -0.308. The van der Waals surface area contributed by atoms with Crippen molar-refractivity contribution in [2.75, 3.05) is 57.2 Å². The third-order valence-corrected chi connectivity index (χ3v) is 4.37. The number of anilines is 2. The summed E-state index contributed by atoms with van der Waals surface area (Å²) < 4.78 is 11.9. The van der Waals surface area contributed by atoms with Crippen molar-refractivity contribution < 1.29 is 14.3 Å². The molecule has 1 aliphatic rings. The number of nitrogen functional groups attached to an aromatic ring is 1. The Morgan fingerprint density at radius 1 is 1.28 bits per heavy atom. The van der Waals surface area contributed by atoms with E-state index >= 15 is 0 Å². The molecule has 12 heteroatoms. The topological polar surface area (TPSA) is 146 Å². The Bertz CT molecular complexity index is 999. The molecule has 4 heterocycles. The van der Waals surface area contributed by atoms with Gasteiger partial charge in [0.15, 0.2) is 17.3 Å². The lowest BCUT2D eigenvalue weighted by atomic mass is 10.3. The maximum absolute atomic E-state index is 12.4. The van der Waals surface area contributed by atoms with Crippen molar-refractivity contribution in [1.29, 1.82) is 0 Å². The van der Waals surface area contributed by atoms with E-state index in [2.05, 4.69) is 35.3 Å². The van der Waals surface area contributed by atoms with Crippen LogP contribution in [0.15, 0.2) is 18.6 Å². The first-order valence-electron chi connectivity index (χ1n) is 9.11. The van der Waals surface area contributed by atoms with Crippen LogP contribution in [0.4, 0.5) is 11.8 Å². The van der Waals surface area contributed by atoms with E-state index in [0.29, 0.717) is 62.3 Å². The van der Waals surface area contributed by atoms with Gasteiger partial charge in [0, 0.05) is 39.1 Å². The summed E-state index contributed by atoms with van der Waals surface area (Å²) in [6.07, 6.45) is 4.69. The number of fused-ring (bicyclic) bond motifs is 1. The van der Waals surface area contributed by atoms with Crippen molar-refractivity contribution in [2.45, 2.75) is 0 Å². The van der Waals surface area contributed by atoms with E-state index in [4.69, 9.17) is 15.2 Å². The van der Waals surface area contributed by atoms with Crippen LogP contribution in [0.1, 0.15) is 10.5 Å². The van der Waals surface area contributed by atoms with Gasteiger partial charge in [-0.3, -0.25) is 4.79 Å². The lowest BCUT2D eigenvalue weighted by Crippen LogP contribution is -2.37. The highest BCUT2D eigenvalue weighted by Gasteiger charge is 2.22. The number of imidazole rings is 1. The summed E-state index contributed by atoms with van der Waals surface area (Å²) in [7, 11) is 1.57. The fourth-order valence-corrected chi connectivity index (χ4v) is 2.90. The van der Waals surface area contributed by atoms with Gasteiger partial charge in [-0.05, 0) is 0 Å². The molecule has 3 aromatic heterocycles. The van der Waals surface area contributed by atoms with E-state index < -0.39 is 0 Å². The van der Waals surface area contributed by atoms with Crippen LogP contribution in [0.3, 0.4) is 0 Å². The van der Waals surface area contributed by atoms with E-state index in [9.17, 15) is 4.79 Å². The lowest BCUT2D eigenvalue weighted by molar-refractivity contribution is 0.0932. The summed E-state index contributed by atoms with van der Waals surface area (Å²) in [4.78, 5) is 31.6. The molecule has 1 saturated heterocycles. The number of nitrogens with zero attached hydrogens (tertiary/aromatic N) is 7. The molecule has 0 bridgehead atoms. The van der Waals surface area contributed by atoms with Gasteiger partial charge < -0.3 is 25.4 Å². The van der Waals surface area contributed by atoms with Crippen molar-refractivity contribution in [3.8, 4) is 11.4 Å². The molecule has 0 atom stereocenters. The van der Waals surface area contributed by atoms with Crippen LogP contribution in [0.25, 0.3) is 17.0 Å². The molecule has 29 heavy (non-hydrogen) atoms. The Kier molecular flexibility index (Phi) is 5.44. The summed E-state index contributed by atoms with van der Waals surface area (Å²) in [5.74, 6) is 0.882. The first-order valence-corrected chi connectivity index (χ1v) is 9.11. The zero-order valence-electron chi connectivity index (χ0n) is 15.9. The minimum Gasteiger partial charge on any atom is -0.383 e. The van der Waals surface area contributed by atoms with Gasteiger partial charge >= 0.3 is 0 Å². The fraction of sp³-hybridized carbons (Fsp3) is 0.412. The van der Waals surface area contributed by atoms with E-state index in [1.165, 1.54) is 0 Å². The van der Waals surface area contributed by atoms with Gasteiger partial charge in [-0.2, -0.15) is 0 Å². The van der Waals surface area contributed by atoms with Crippen LogP contribution in [0.5, 0.6) is 0 Å². The fourth-order valence-electron chi connectivity index (χ4n) is 2.90. The zero-order chi connectivity index (χ0) is 20.2. The molecule has 1 amide bonds. The molecule has 1 fully saturated rings. The zero-order valence-corrected chi connectivity index (χ0v) is 15.9. The van der Waals surface area contributed by atoms with Crippen LogP contribution in [0.2, 0.25) is 0 Å². The SMILES string of the molecule is COCCNC(=O)c1cn2nc(-c3cnc(N)nc3)nc(N3CCOCC3)c2n1. The number of rotatable bonds is 6. The molecule has 0 radical (unpaired) electrons. The quantitative estimate of drug-likeness (QED) is 0.514. The number of nitrogens with two attached hydrogens (primary N) is 1. The minimum absolute atomic E-state index is 0.167. The third kappa shape index (κ3) is 4.07. The van der Waals surface area contributed by atoms with Gasteiger partial charge in [0.05, 0.1) is 31.6 Å². The standard InChI is InChI=1S/C17H21N9O3/c1-28-5-2-19-16(27)12-10-26-15(22-12)14(25-3-6-29-7-4-25)23-13(24-26)11-8-20-17(18)21-9-11/h8-10H,2-7H2,1H3,(H,19,27)(H2,18,20,21). The predicted octanol–water partition coefficient (Wildman–Crippen LogP) is -0.624. The summed E-state index contributed by atoms with van der Waals surface area (Å²) in [6, 6.07) is 0. The molecule has 0 aliphatic carbocycles. The van der Waals surface area contributed by atoms with Crippen molar-refractivity contribution in [2.24, 2.45) is 0 Å². The molecule has 4 rings (SSSR count). The number of carbonyl (C=O) groups is 1. The lowest BCUT2D eigenvalue weighted by Gasteiger charge is -2.27. The number of nitrogens with one attached hydrogen (secondary N) is 1. The number of hydrogen-bond donors (Lipinski definition) is 2. The number of aromatic nitrogens is 6. The smallest absolute Gasteiger partial charge is 0.271 e. The van der Waals surface area contributed by atoms with Crippen LogP contribution in [-0.2, 0) is 9.47 Å². The van der Waals surface area contributed by atoms with Crippen molar-refractivity contribution >= 4 is 23.3 Å². The third-order valence-electron chi connectivity index (χ3n) is 4.37. The number of methoxy groups -OCH3 is 1. The van der Waals surface area contributed by atoms with Crippen LogP contribution < -0.4 is 16.0 Å². The number of amides is 1. The van der Waals surface area contributed by atoms with E-state index in [1.807, 2.05) is 0 Å². The molecule has 1 aliphatic heterocycles. The van der Waals surface area contributed by atoms with E-state index in [-0.39, 0.29) is 17.5 Å². The summed E-state index contributed by atoms with van der Waals surface area (Å²) in [5.41, 5.74) is 6.92. The largest absolute Gasteiger partial charge is 0.383 e. The maximum atomic E-state index is 12.4. The number of ether oxygens (including phenoxy) is 2. The van der Waals surface area contributed by atoms with E-state index in [1.54, 1.807) is 30.2 Å². The molecule has 0 unspecified atom stereocenters. The molecular weight excluding hydrogens is 378 g/mol. The van der Waals surface area contributed by atoms with Gasteiger partial charge in [-0.25, -0.2) is 24.5 Å². The van der Waals surface area contributed by atoms with Gasteiger partial charge in [-0.1, -0.05) is 0 Å². The Morgan fingerprint density at radius 2 is 2.03 bits per heavy atom. The molecule has 0 spiro atoms. The van der Waals surface area contributed by atoms with Crippen LogP contribution in [-0.4, -0.2) is 82.0 Å². The molecular formula is C17H21N9O3. The van der Waals surface area contributed by atoms with Gasteiger partial charge in [0.25, 0.3) is 5.91 Å². The molecule has 152 valence electrons. The van der Waals surface area contributed by atoms with Crippen molar-refractivity contribution in [3.05, 3.63) is 24.3 Å². The second kappa shape index (κ2) is 8.32. The Hall–Kier alpha value is -3.38. The monoisotopic (exact) mass is 399 g/mol. The molecule has 0 aromatic carbocycles.